The summed E-state index contributed by atoms with van der Waals surface area (Å²) < 4.78 is 10.0. The minimum absolute atomic E-state index is 0.0880. The van der Waals surface area contributed by atoms with Crippen molar-refractivity contribution in [3.05, 3.63) is 0 Å². The van der Waals surface area contributed by atoms with E-state index < -0.39 is 5.97 Å². The van der Waals surface area contributed by atoms with Gasteiger partial charge in [0.05, 0.1) is 38.5 Å². The van der Waals surface area contributed by atoms with E-state index in [0.29, 0.717) is 13.2 Å². The van der Waals surface area contributed by atoms with Gasteiger partial charge in [0.15, 0.2) is 0 Å². The van der Waals surface area contributed by atoms with E-state index in [1.165, 1.54) is 0 Å². The first-order valence-corrected chi connectivity index (χ1v) is 6.01. The first-order chi connectivity index (χ1) is 8.58. The monoisotopic (exact) mass is 260 g/mol. The molecule has 0 aromatic heterocycles. The standard InChI is InChI=1S/C11H20N2O5/c1-3-17-10(15)4-12-11(16)13-5-9(6-14)18-7-8(13)2/h8-9,14H,3-7H2,1-2H3,(H,12,16). The van der Waals surface area contributed by atoms with Crippen molar-refractivity contribution in [3.8, 4) is 0 Å². The fourth-order valence-corrected chi connectivity index (χ4v) is 1.67. The number of carbonyl (C=O) groups is 2. The zero-order valence-corrected chi connectivity index (χ0v) is 10.7. The lowest BCUT2D eigenvalue weighted by atomic mass is 10.2. The van der Waals surface area contributed by atoms with Gasteiger partial charge in [-0.2, -0.15) is 0 Å². The van der Waals surface area contributed by atoms with Gasteiger partial charge in [-0.05, 0) is 13.8 Å². The number of amides is 2. The van der Waals surface area contributed by atoms with Crippen LogP contribution in [0.4, 0.5) is 4.79 Å². The number of hydrogen-bond donors (Lipinski definition) is 2. The third-order valence-corrected chi connectivity index (χ3v) is 2.66. The number of carbonyl (C=O) groups excluding carboxylic acids is 2. The lowest BCUT2D eigenvalue weighted by molar-refractivity contribution is -0.141. The Balaban J connectivity index is 2.41. The molecule has 7 heteroatoms. The van der Waals surface area contributed by atoms with Crippen LogP contribution in [-0.4, -0.2) is 67.1 Å². The molecule has 1 aliphatic heterocycles. The van der Waals surface area contributed by atoms with E-state index in [0.717, 1.165) is 0 Å². The lowest BCUT2D eigenvalue weighted by Gasteiger charge is -2.37. The summed E-state index contributed by atoms with van der Waals surface area (Å²) in [7, 11) is 0. The van der Waals surface area contributed by atoms with Crippen LogP contribution in [0.15, 0.2) is 0 Å². The van der Waals surface area contributed by atoms with Gasteiger partial charge in [-0.15, -0.1) is 0 Å². The summed E-state index contributed by atoms with van der Waals surface area (Å²) in [6.07, 6.45) is -0.366. The molecule has 0 radical (unpaired) electrons. The number of nitrogens with one attached hydrogen (secondary N) is 1. The number of nitrogens with zero attached hydrogens (tertiary/aromatic N) is 1. The number of hydrogen-bond acceptors (Lipinski definition) is 5. The molecule has 1 heterocycles. The number of aliphatic hydroxyl groups excluding tert-OH is 1. The lowest BCUT2D eigenvalue weighted by Crippen LogP contribution is -2.55. The first kappa shape index (κ1) is 14.7. The Labute approximate surface area is 106 Å². The van der Waals surface area contributed by atoms with Crippen molar-refractivity contribution in [1.82, 2.24) is 10.2 Å². The molecule has 0 aromatic rings. The highest BCUT2D eigenvalue weighted by atomic mass is 16.5. The molecule has 104 valence electrons. The molecule has 2 unspecified atom stereocenters. The van der Waals surface area contributed by atoms with Crippen LogP contribution in [0.25, 0.3) is 0 Å². The first-order valence-electron chi connectivity index (χ1n) is 6.01. The quantitative estimate of drug-likeness (QED) is 0.655. The highest BCUT2D eigenvalue weighted by Gasteiger charge is 2.29. The van der Waals surface area contributed by atoms with Crippen LogP contribution in [0.2, 0.25) is 0 Å². The molecule has 7 nitrogen and oxygen atoms in total. The minimum atomic E-state index is -0.467. The van der Waals surface area contributed by atoms with Gasteiger partial charge in [0, 0.05) is 0 Å². The average molecular weight is 260 g/mol. The van der Waals surface area contributed by atoms with Gasteiger partial charge in [-0.3, -0.25) is 4.79 Å². The van der Waals surface area contributed by atoms with Crippen molar-refractivity contribution in [2.45, 2.75) is 26.0 Å². The van der Waals surface area contributed by atoms with Crippen molar-refractivity contribution in [3.63, 3.8) is 0 Å². The summed E-state index contributed by atoms with van der Waals surface area (Å²) in [5, 5.41) is 11.5. The summed E-state index contributed by atoms with van der Waals surface area (Å²) in [5.74, 6) is -0.467. The second-order valence-electron chi connectivity index (χ2n) is 4.10. The Morgan fingerprint density at radius 2 is 2.28 bits per heavy atom. The normalized spacial score (nSPS) is 23.6. The van der Waals surface area contributed by atoms with E-state index in [1.807, 2.05) is 6.92 Å². The molecule has 1 rings (SSSR count). The van der Waals surface area contributed by atoms with Crippen LogP contribution in [0.1, 0.15) is 13.8 Å². The summed E-state index contributed by atoms with van der Waals surface area (Å²) in [6.45, 7) is 4.24. The van der Waals surface area contributed by atoms with Gasteiger partial charge >= 0.3 is 12.0 Å². The Morgan fingerprint density at radius 1 is 1.56 bits per heavy atom. The van der Waals surface area contributed by atoms with Crippen LogP contribution in [-0.2, 0) is 14.3 Å². The molecule has 0 aliphatic carbocycles. The Morgan fingerprint density at radius 3 is 2.89 bits per heavy atom. The number of urea groups is 1. The molecule has 2 amide bonds. The number of rotatable bonds is 4. The van der Waals surface area contributed by atoms with Crippen molar-refractivity contribution >= 4 is 12.0 Å². The fourth-order valence-electron chi connectivity index (χ4n) is 1.67. The largest absolute Gasteiger partial charge is 0.465 e. The number of esters is 1. The average Bonchev–Trinajstić information content (AvgIpc) is 2.37. The second-order valence-corrected chi connectivity index (χ2v) is 4.10. The SMILES string of the molecule is CCOC(=O)CNC(=O)N1CC(CO)OCC1C. The topological polar surface area (TPSA) is 88.1 Å². The van der Waals surface area contributed by atoms with Gasteiger partial charge in [-0.25, -0.2) is 4.79 Å². The molecule has 0 spiro atoms. The second kappa shape index (κ2) is 7.17. The molecular formula is C11H20N2O5. The van der Waals surface area contributed by atoms with Crippen molar-refractivity contribution in [1.29, 1.82) is 0 Å². The highest BCUT2D eigenvalue weighted by Crippen LogP contribution is 2.11. The third kappa shape index (κ3) is 4.15. The summed E-state index contributed by atoms with van der Waals surface area (Å²) in [5.41, 5.74) is 0. The zero-order valence-electron chi connectivity index (χ0n) is 10.7. The maximum atomic E-state index is 11.8. The van der Waals surface area contributed by atoms with E-state index in [9.17, 15) is 9.59 Å². The van der Waals surface area contributed by atoms with Crippen LogP contribution in [0.5, 0.6) is 0 Å². The molecule has 0 saturated carbocycles. The number of ether oxygens (including phenoxy) is 2. The van der Waals surface area contributed by atoms with Gasteiger partial charge in [0.25, 0.3) is 0 Å². The van der Waals surface area contributed by atoms with E-state index in [4.69, 9.17) is 14.6 Å². The van der Waals surface area contributed by atoms with E-state index >= 15 is 0 Å². The Kier molecular flexibility index (Phi) is 5.87. The molecule has 2 N–H and O–H groups in total. The van der Waals surface area contributed by atoms with Crippen LogP contribution < -0.4 is 5.32 Å². The number of aliphatic hydroxyl groups is 1. The minimum Gasteiger partial charge on any atom is -0.465 e. The van der Waals surface area contributed by atoms with Gasteiger partial charge in [-0.1, -0.05) is 0 Å². The van der Waals surface area contributed by atoms with E-state index in [2.05, 4.69) is 5.32 Å². The van der Waals surface area contributed by atoms with Crippen LogP contribution in [0, 0.1) is 0 Å². The molecule has 18 heavy (non-hydrogen) atoms. The van der Waals surface area contributed by atoms with Crippen molar-refractivity contribution in [2.75, 3.05) is 32.9 Å². The van der Waals surface area contributed by atoms with Gasteiger partial charge < -0.3 is 24.8 Å². The molecule has 1 aliphatic rings. The molecule has 1 fully saturated rings. The summed E-state index contributed by atoms with van der Waals surface area (Å²) in [4.78, 5) is 24.5. The van der Waals surface area contributed by atoms with Crippen molar-refractivity contribution < 1.29 is 24.2 Å². The zero-order chi connectivity index (χ0) is 13.5. The van der Waals surface area contributed by atoms with E-state index in [1.54, 1.807) is 11.8 Å². The predicted molar refractivity (Wildman–Crippen MR) is 63.0 cm³/mol. The van der Waals surface area contributed by atoms with Gasteiger partial charge in [0.2, 0.25) is 0 Å². The summed E-state index contributed by atoms with van der Waals surface area (Å²) in [6, 6.07) is -0.438. The van der Waals surface area contributed by atoms with E-state index in [-0.39, 0.29) is 37.9 Å². The molecule has 1 saturated heterocycles. The Hall–Kier alpha value is -1.34. The van der Waals surface area contributed by atoms with Crippen LogP contribution in [0.3, 0.4) is 0 Å². The maximum Gasteiger partial charge on any atom is 0.325 e. The predicted octanol–water partition coefficient (Wildman–Crippen LogP) is -0.659. The summed E-state index contributed by atoms with van der Waals surface area (Å²) >= 11 is 0. The third-order valence-electron chi connectivity index (χ3n) is 2.66. The maximum absolute atomic E-state index is 11.8. The highest BCUT2D eigenvalue weighted by molar-refractivity contribution is 5.81. The number of morpholine rings is 1. The fraction of sp³-hybridized carbons (Fsp3) is 0.818. The smallest absolute Gasteiger partial charge is 0.325 e. The molecule has 2 atom stereocenters. The molecule has 0 aromatic carbocycles. The van der Waals surface area contributed by atoms with Crippen LogP contribution >= 0.6 is 0 Å². The molecular weight excluding hydrogens is 240 g/mol. The van der Waals surface area contributed by atoms with Crippen molar-refractivity contribution in [2.24, 2.45) is 0 Å². The van der Waals surface area contributed by atoms with Gasteiger partial charge in [0.1, 0.15) is 6.54 Å². The Bertz CT molecular complexity index is 297. The molecule has 0 bridgehead atoms.